The number of ketones is 1. The number of hydrogen-bond acceptors (Lipinski definition) is 3. The number of nitrogens with zero attached hydrogens (tertiary/aromatic N) is 2. The van der Waals surface area contributed by atoms with Gasteiger partial charge in [-0.2, -0.15) is 0 Å². The molecule has 0 saturated carbocycles. The van der Waals surface area contributed by atoms with Gasteiger partial charge in [-0.15, -0.1) is 0 Å². The lowest BCUT2D eigenvalue weighted by atomic mass is 9.99. The summed E-state index contributed by atoms with van der Waals surface area (Å²) in [6, 6.07) is 3.65. The SMILES string of the molecule is CCc1nc2cc(C)c(Br)cn2c1-c1c(C(C)=O)cc(Br)c(O)c1Br. The Labute approximate surface area is 170 Å². The molecule has 0 aliphatic rings. The second-order valence-electron chi connectivity index (χ2n) is 5.79. The van der Waals surface area contributed by atoms with E-state index in [0.29, 0.717) is 26.5 Å². The van der Waals surface area contributed by atoms with Crippen LogP contribution in [0.1, 0.15) is 35.5 Å². The minimum Gasteiger partial charge on any atom is -0.506 e. The highest BCUT2D eigenvalue weighted by atomic mass is 79.9. The van der Waals surface area contributed by atoms with Gasteiger partial charge in [0.15, 0.2) is 5.78 Å². The fraction of sp³-hybridized carbons (Fsp3) is 0.222. The number of phenolic OH excluding ortho intramolecular Hbond substituents is 1. The molecular weight excluding hydrogens is 516 g/mol. The number of aryl methyl sites for hydroxylation is 2. The average molecular weight is 531 g/mol. The van der Waals surface area contributed by atoms with Gasteiger partial charge in [0.05, 0.1) is 20.3 Å². The second-order valence-corrected chi connectivity index (χ2v) is 8.29. The van der Waals surface area contributed by atoms with E-state index in [0.717, 1.165) is 27.1 Å². The van der Waals surface area contributed by atoms with E-state index in [1.165, 1.54) is 6.92 Å². The number of carbonyl (C=O) groups is 1. The average Bonchev–Trinajstić information content (AvgIpc) is 2.90. The van der Waals surface area contributed by atoms with Gasteiger partial charge in [-0.3, -0.25) is 9.20 Å². The summed E-state index contributed by atoms with van der Waals surface area (Å²) in [7, 11) is 0. The van der Waals surface area contributed by atoms with Crippen LogP contribution in [0.2, 0.25) is 0 Å². The van der Waals surface area contributed by atoms with Crippen LogP contribution in [-0.2, 0) is 6.42 Å². The molecule has 1 aromatic carbocycles. The normalized spacial score (nSPS) is 11.3. The van der Waals surface area contributed by atoms with Crippen molar-refractivity contribution in [3.8, 4) is 17.0 Å². The predicted octanol–water partition coefficient (Wildman–Crippen LogP) is 6.07. The lowest BCUT2D eigenvalue weighted by Gasteiger charge is -2.14. The van der Waals surface area contributed by atoms with Crippen LogP contribution in [0.3, 0.4) is 0 Å². The fourth-order valence-corrected chi connectivity index (χ4v) is 4.47. The molecule has 3 rings (SSSR count). The molecule has 7 heteroatoms. The first kappa shape index (κ1) is 18.6. The van der Waals surface area contributed by atoms with Crippen LogP contribution in [0.5, 0.6) is 5.75 Å². The molecular formula is C18H15Br3N2O2. The maximum Gasteiger partial charge on any atom is 0.160 e. The first-order valence-electron chi connectivity index (χ1n) is 7.65. The summed E-state index contributed by atoms with van der Waals surface area (Å²) in [5, 5.41) is 10.4. The third-order valence-corrected chi connectivity index (χ3v) is 6.33. The molecule has 0 bridgehead atoms. The Kier molecular flexibility index (Phi) is 5.10. The standard InChI is InChI=1S/C18H15Br3N2O2/c1-4-13-17(23-7-12(20)8(2)5-14(23)22-13)15-10(9(3)24)6-11(19)18(25)16(15)21/h5-7,25H,4H2,1-3H3. The number of rotatable bonds is 3. The summed E-state index contributed by atoms with van der Waals surface area (Å²) in [6.07, 6.45) is 2.65. The van der Waals surface area contributed by atoms with E-state index in [1.54, 1.807) is 6.07 Å². The monoisotopic (exact) mass is 528 g/mol. The van der Waals surface area contributed by atoms with Crippen LogP contribution in [-0.4, -0.2) is 20.3 Å². The Bertz CT molecular complexity index is 1030. The van der Waals surface area contributed by atoms with Gasteiger partial charge in [-0.1, -0.05) is 6.92 Å². The Morgan fingerprint density at radius 3 is 2.52 bits per heavy atom. The molecule has 4 nitrogen and oxygen atoms in total. The van der Waals surface area contributed by atoms with Crippen molar-refractivity contribution < 1.29 is 9.90 Å². The maximum atomic E-state index is 12.3. The summed E-state index contributed by atoms with van der Waals surface area (Å²) in [5.74, 6) is -0.0252. The number of fused-ring (bicyclic) bond motifs is 1. The molecule has 130 valence electrons. The highest BCUT2D eigenvalue weighted by Gasteiger charge is 2.24. The number of aromatic nitrogens is 2. The van der Waals surface area contributed by atoms with Gasteiger partial charge in [0, 0.05) is 21.8 Å². The summed E-state index contributed by atoms with van der Waals surface area (Å²) in [6.45, 7) is 5.54. The zero-order valence-electron chi connectivity index (χ0n) is 13.8. The molecule has 0 unspecified atom stereocenters. The Morgan fingerprint density at radius 2 is 1.92 bits per heavy atom. The lowest BCUT2D eigenvalue weighted by Crippen LogP contribution is -2.02. The number of benzene rings is 1. The van der Waals surface area contributed by atoms with Crippen LogP contribution in [0.4, 0.5) is 0 Å². The molecule has 25 heavy (non-hydrogen) atoms. The van der Waals surface area contributed by atoms with Crippen molar-refractivity contribution in [3.63, 3.8) is 0 Å². The van der Waals surface area contributed by atoms with Gasteiger partial charge in [0.1, 0.15) is 11.4 Å². The minimum absolute atomic E-state index is 0.0585. The largest absolute Gasteiger partial charge is 0.506 e. The van der Waals surface area contributed by atoms with E-state index in [9.17, 15) is 9.90 Å². The number of phenols is 1. The van der Waals surface area contributed by atoms with E-state index in [-0.39, 0.29) is 11.5 Å². The molecule has 0 atom stereocenters. The Hall–Kier alpha value is -1.18. The third-order valence-electron chi connectivity index (χ3n) is 4.12. The fourth-order valence-electron chi connectivity index (χ4n) is 2.84. The summed E-state index contributed by atoms with van der Waals surface area (Å²) < 4.78 is 3.84. The number of pyridine rings is 1. The van der Waals surface area contributed by atoms with E-state index in [2.05, 4.69) is 47.8 Å². The topological polar surface area (TPSA) is 54.6 Å². The van der Waals surface area contributed by atoms with Crippen molar-refractivity contribution in [1.29, 1.82) is 0 Å². The van der Waals surface area contributed by atoms with Crippen LogP contribution < -0.4 is 0 Å². The van der Waals surface area contributed by atoms with Crippen molar-refractivity contribution in [2.45, 2.75) is 27.2 Å². The van der Waals surface area contributed by atoms with Crippen molar-refractivity contribution >= 4 is 59.2 Å². The van der Waals surface area contributed by atoms with Crippen LogP contribution in [0, 0.1) is 6.92 Å². The first-order chi connectivity index (χ1) is 11.8. The van der Waals surface area contributed by atoms with Gasteiger partial charge in [-0.25, -0.2) is 4.98 Å². The summed E-state index contributed by atoms with van der Waals surface area (Å²) >= 11 is 10.3. The number of hydrogen-bond donors (Lipinski definition) is 1. The maximum absolute atomic E-state index is 12.3. The minimum atomic E-state index is -0.0837. The predicted molar refractivity (Wildman–Crippen MR) is 110 cm³/mol. The molecule has 0 aliphatic carbocycles. The number of carbonyl (C=O) groups excluding carboxylic acids is 1. The Morgan fingerprint density at radius 1 is 1.24 bits per heavy atom. The molecule has 2 aromatic heterocycles. The van der Waals surface area contributed by atoms with Gasteiger partial charge >= 0.3 is 0 Å². The van der Waals surface area contributed by atoms with E-state index >= 15 is 0 Å². The smallest absolute Gasteiger partial charge is 0.160 e. The van der Waals surface area contributed by atoms with Gasteiger partial charge < -0.3 is 5.11 Å². The van der Waals surface area contributed by atoms with Crippen LogP contribution in [0.25, 0.3) is 16.9 Å². The first-order valence-corrected chi connectivity index (χ1v) is 10.0. The molecule has 3 aromatic rings. The summed E-state index contributed by atoms with van der Waals surface area (Å²) in [5.41, 5.74) is 4.71. The van der Waals surface area contributed by atoms with Crippen LogP contribution >= 0.6 is 47.8 Å². The molecule has 0 amide bonds. The zero-order valence-corrected chi connectivity index (χ0v) is 18.6. The quantitative estimate of drug-likeness (QED) is 0.418. The van der Waals surface area contributed by atoms with Crippen molar-refractivity contribution in [2.75, 3.05) is 0 Å². The van der Waals surface area contributed by atoms with E-state index < -0.39 is 0 Å². The number of imidazole rings is 1. The molecule has 0 fully saturated rings. The van der Waals surface area contributed by atoms with Gasteiger partial charge in [0.2, 0.25) is 0 Å². The highest BCUT2D eigenvalue weighted by Crippen LogP contribution is 2.44. The van der Waals surface area contributed by atoms with E-state index in [1.807, 2.05) is 30.5 Å². The molecule has 0 radical (unpaired) electrons. The lowest BCUT2D eigenvalue weighted by molar-refractivity contribution is 0.101. The van der Waals surface area contributed by atoms with Crippen molar-refractivity contribution in [2.24, 2.45) is 0 Å². The Balaban J connectivity index is 2.50. The molecule has 0 aliphatic heterocycles. The number of Topliss-reactive ketones (excluding diaryl/α,β-unsaturated/α-hetero) is 1. The van der Waals surface area contributed by atoms with Gasteiger partial charge in [-0.05, 0) is 85.8 Å². The third kappa shape index (κ3) is 3.06. The molecule has 0 spiro atoms. The zero-order chi connectivity index (χ0) is 18.5. The van der Waals surface area contributed by atoms with Gasteiger partial charge in [0.25, 0.3) is 0 Å². The number of aromatic hydroxyl groups is 1. The van der Waals surface area contributed by atoms with Crippen molar-refractivity contribution in [1.82, 2.24) is 9.38 Å². The molecule has 0 saturated heterocycles. The molecule has 1 N–H and O–H groups in total. The van der Waals surface area contributed by atoms with Crippen molar-refractivity contribution in [3.05, 3.63) is 48.6 Å². The van der Waals surface area contributed by atoms with Crippen LogP contribution in [0.15, 0.2) is 31.7 Å². The summed E-state index contributed by atoms with van der Waals surface area (Å²) in [4.78, 5) is 17.0. The highest BCUT2D eigenvalue weighted by molar-refractivity contribution is 9.11. The van der Waals surface area contributed by atoms with E-state index in [4.69, 9.17) is 4.98 Å². The number of halogens is 3. The molecule has 2 heterocycles. The second kappa shape index (κ2) is 6.85.